The Labute approximate surface area is 216 Å². The fraction of sp³-hybridized carbons (Fsp3) is 0.379. The minimum atomic E-state index is -0.387. The van der Waals surface area contributed by atoms with Crippen LogP contribution < -0.4 is 10.5 Å². The zero-order valence-corrected chi connectivity index (χ0v) is 21.2. The Morgan fingerprint density at radius 3 is 2.32 bits per heavy atom. The molecule has 8 heteroatoms. The molecule has 1 saturated carbocycles. The first kappa shape index (κ1) is 23.9. The number of piperazine rings is 1. The van der Waals surface area contributed by atoms with E-state index in [0.29, 0.717) is 23.7 Å². The fourth-order valence-electron chi connectivity index (χ4n) is 5.85. The van der Waals surface area contributed by atoms with Crippen LogP contribution in [0.4, 0.5) is 10.2 Å². The van der Waals surface area contributed by atoms with Crippen molar-refractivity contribution in [1.29, 1.82) is 0 Å². The summed E-state index contributed by atoms with van der Waals surface area (Å²) >= 11 is 0. The predicted molar refractivity (Wildman–Crippen MR) is 144 cm³/mol. The molecule has 3 heterocycles. The average molecular weight is 501 g/mol. The van der Waals surface area contributed by atoms with Gasteiger partial charge in [0.05, 0.1) is 5.39 Å². The Hall–Kier alpha value is -3.49. The maximum atomic E-state index is 14.0. The maximum absolute atomic E-state index is 14.0. The number of benzene rings is 2. The minimum Gasteiger partial charge on any atom is -0.454 e. The van der Waals surface area contributed by atoms with E-state index in [4.69, 9.17) is 10.5 Å². The number of halogens is 1. The Kier molecular flexibility index (Phi) is 6.52. The predicted octanol–water partition coefficient (Wildman–Crippen LogP) is 5.34. The molecule has 6 rings (SSSR count). The Balaban J connectivity index is 1.24. The maximum Gasteiger partial charge on any atom is 0.165 e. The first-order chi connectivity index (χ1) is 18.1. The van der Waals surface area contributed by atoms with Crippen molar-refractivity contribution in [2.75, 3.05) is 39.0 Å². The van der Waals surface area contributed by atoms with E-state index in [-0.39, 0.29) is 11.6 Å². The molecule has 0 amide bonds. The number of anilines is 1. The van der Waals surface area contributed by atoms with Gasteiger partial charge in [0.15, 0.2) is 11.6 Å². The third-order valence-corrected chi connectivity index (χ3v) is 7.98. The first-order valence-electron chi connectivity index (χ1n) is 13.1. The van der Waals surface area contributed by atoms with E-state index in [1.807, 2.05) is 24.3 Å². The lowest BCUT2D eigenvalue weighted by Gasteiger charge is -2.41. The zero-order valence-electron chi connectivity index (χ0n) is 21.2. The number of likely N-dealkylation sites (N-methyl/N-ethyl adjacent to an activating group) is 1. The number of hydrogen-bond donors (Lipinski definition) is 1. The van der Waals surface area contributed by atoms with E-state index in [1.165, 1.54) is 32.0 Å². The standard InChI is InChI=1S/C29H33FN6O/c1-34-14-16-35(17-15-34)21-8-10-22(11-9-21)36-18-24(27-28(31)32-19-33-29(27)36)20-6-12-23(13-7-20)37-26-5-3-2-4-25(26)30/h2-7,12-13,18-19,21-22H,8-11,14-17H2,1H3,(H2,31,32,33)/t21-,22-. The van der Waals surface area contributed by atoms with E-state index < -0.39 is 0 Å². The number of nitrogen functional groups attached to an aromatic ring is 1. The molecule has 0 bridgehead atoms. The fourth-order valence-corrected chi connectivity index (χ4v) is 5.85. The van der Waals surface area contributed by atoms with Crippen LogP contribution in [-0.4, -0.2) is 63.6 Å². The number of rotatable bonds is 5. The molecule has 2 N–H and O–H groups in total. The molecule has 0 atom stereocenters. The Morgan fingerprint density at radius 2 is 1.59 bits per heavy atom. The van der Waals surface area contributed by atoms with Crippen molar-refractivity contribution in [2.45, 2.75) is 37.8 Å². The summed E-state index contributed by atoms with van der Waals surface area (Å²) in [6.07, 6.45) is 8.39. The van der Waals surface area contributed by atoms with Gasteiger partial charge >= 0.3 is 0 Å². The van der Waals surface area contributed by atoms with Gasteiger partial charge in [0.25, 0.3) is 0 Å². The molecule has 1 saturated heterocycles. The SMILES string of the molecule is CN1CCN([C@H]2CC[C@H](n3cc(-c4ccc(Oc5ccccc5F)cc4)c4c(N)ncnc43)CC2)CC1. The van der Waals surface area contributed by atoms with Gasteiger partial charge in [-0.1, -0.05) is 24.3 Å². The van der Waals surface area contributed by atoms with E-state index in [1.54, 1.807) is 24.5 Å². The zero-order chi connectivity index (χ0) is 25.4. The monoisotopic (exact) mass is 500 g/mol. The molecule has 0 radical (unpaired) electrons. The third kappa shape index (κ3) is 4.79. The summed E-state index contributed by atoms with van der Waals surface area (Å²) in [5.74, 6) is 0.874. The van der Waals surface area contributed by atoms with E-state index in [2.05, 4.69) is 37.6 Å². The highest BCUT2D eigenvalue weighted by Gasteiger charge is 2.30. The smallest absolute Gasteiger partial charge is 0.165 e. The number of aromatic nitrogens is 3. The summed E-state index contributed by atoms with van der Waals surface area (Å²) in [6.45, 7) is 4.66. The van der Waals surface area contributed by atoms with Gasteiger partial charge in [-0.05, 0) is 62.6 Å². The largest absolute Gasteiger partial charge is 0.454 e. The van der Waals surface area contributed by atoms with Crippen LogP contribution in [0.25, 0.3) is 22.2 Å². The van der Waals surface area contributed by atoms with Crippen molar-refractivity contribution in [1.82, 2.24) is 24.3 Å². The summed E-state index contributed by atoms with van der Waals surface area (Å²) in [7, 11) is 2.21. The lowest BCUT2D eigenvalue weighted by Crippen LogP contribution is -2.49. The molecule has 0 spiro atoms. The Bertz CT molecular complexity index is 1370. The summed E-state index contributed by atoms with van der Waals surface area (Å²) < 4.78 is 22.1. The van der Waals surface area contributed by atoms with Crippen molar-refractivity contribution >= 4 is 16.9 Å². The van der Waals surface area contributed by atoms with Crippen LogP contribution in [0.3, 0.4) is 0 Å². The van der Waals surface area contributed by atoms with Crippen LogP contribution in [-0.2, 0) is 0 Å². The number of para-hydroxylation sites is 1. The minimum absolute atomic E-state index is 0.205. The summed E-state index contributed by atoms with van der Waals surface area (Å²) in [5, 5.41) is 0.881. The lowest BCUT2D eigenvalue weighted by molar-refractivity contribution is 0.0828. The van der Waals surface area contributed by atoms with Gasteiger partial charge in [-0.2, -0.15) is 0 Å². The highest BCUT2D eigenvalue weighted by atomic mass is 19.1. The second kappa shape index (κ2) is 10.1. The molecule has 2 fully saturated rings. The topological polar surface area (TPSA) is 72.4 Å². The van der Waals surface area contributed by atoms with Gasteiger partial charge in [0.1, 0.15) is 23.5 Å². The van der Waals surface area contributed by atoms with Crippen LogP contribution in [0.5, 0.6) is 11.5 Å². The van der Waals surface area contributed by atoms with E-state index in [0.717, 1.165) is 48.1 Å². The van der Waals surface area contributed by atoms with Gasteiger partial charge in [-0.3, -0.25) is 4.90 Å². The molecule has 2 aromatic carbocycles. The van der Waals surface area contributed by atoms with Crippen molar-refractivity contribution in [3.8, 4) is 22.6 Å². The van der Waals surface area contributed by atoms with Crippen LogP contribution in [0.2, 0.25) is 0 Å². The second-order valence-electron chi connectivity index (χ2n) is 10.3. The van der Waals surface area contributed by atoms with Crippen molar-refractivity contribution < 1.29 is 9.13 Å². The molecule has 0 unspecified atom stereocenters. The van der Waals surface area contributed by atoms with Gasteiger partial charge in [0, 0.05) is 50.0 Å². The number of nitrogens with zero attached hydrogens (tertiary/aromatic N) is 5. The third-order valence-electron chi connectivity index (χ3n) is 7.98. The molecule has 7 nitrogen and oxygen atoms in total. The quantitative estimate of drug-likeness (QED) is 0.399. The van der Waals surface area contributed by atoms with Crippen molar-refractivity contribution in [2.24, 2.45) is 0 Å². The molecule has 37 heavy (non-hydrogen) atoms. The van der Waals surface area contributed by atoms with Crippen molar-refractivity contribution in [3.63, 3.8) is 0 Å². The van der Waals surface area contributed by atoms with Crippen LogP contribution in [0, 0.1) is 5.82 Å². The van der Waals surface area contributed by atoms with E-state index in [9.17, 15) is 4.39 Å². The number of ether oxygens (including phenoxy) is 1. The average Bonchev–Trinajstić information content (AvgIpc) is 3.32. The molecule has 192 valence electrons. The molecule has 4 aromatic rings. The summed E-state index contributed by atoms with van der Waals surface area (Å²) in [6, 6.07) is 15.1. The molecular formula is C29H33FN6O. The van der Waals surface area contributed by atoms with Gasteiger partial charge < -0.3 is 19.9 Å². The summed E-state index contributed by atoms with van der Waals surface area (Å²) in [5.41, 5.74) is 9.27. The first-order valence-corrected chi connectivity index (χ1v) is 13.1. The molecule has 1 aliphatic heterocycles. The van der Waals surface area contributed by atoms with Crippen LogP contribution in [0.1, 0.15) is 31.7 Å². The molecule has 1 aliphatic carbocycles. The van der Waals surface area contributed by atoms with Gasteiger partial charge in [0.2, 0.25) is 0 Å². The molecular weight excluding hydrogens is 467 g/mol. The number of nitrogens with two attached hydrogens (primary N) is 1. The van der Waals surface area contributed by atoms with Crippen LogP contribution in [0.15, 0.2) is 61.1 Å². The Morgan fingerprint density at radius 1 is 0.892 bits per heavy atom. The van der Waals surface area contributed by atoms with Crippen LogP contribution >= 0.6 is 0 Å². The number of fused-ring (bicyclic) bond motifs is 1. The summed E-state index contributed by atoms with van der Waals surface area (Å²) in [4.78, 5) is 14.0. The molecule has 2 aromatic heterocycles. The van der Waals surface area contributed by atoms with Crippen molar-refractivity contribution in [3.05, 3.63) is 66.9 Å². The van der Waals surface area contributed by atoms with Gasteiger partial charge in [-0.15, -0.1) is 0 Å². The highest BCUT2D eigenvalue weighted by Crippen LogP contribution is 2.39. The normalized spacial score (nSPS) is 21.4. The number of hydrogen-bond acceptors (Lipinski definition) is 6. The molecule has 2 aliphatic rings. The van der Waals surface area contributed by atoms with E-state index >= 15 is 0 Å². The van der Waals surface area contributed by atoms with Gasteiger partial charge in [-0.25, -0.2) is 14.4 Å². The lowest BCUT2D eigenvalue weighted by atomic mass is 9.89. The highest BCUT2D eigenvalue weighted by molar-refractivity contribution is 6.00. The second-order valence-corrected chi connectivity index (χ2v) is 10.3.